The standard InChI is InChI=1S/C28H21ClF3N5O.ClH/c29-27-22(30)11-17(12-23(27)31)2-1-8-36-9-6-25-21(16-36)20-10-18(14-33)3-4-24(20)37(25)28(38)35-15-19-5-7-34-26(32)13-19;/h1-5,7,10-13H,6,8-9,15-16H2,(H,35,38);1H/b2-1+;. The molecule has 1 aliphatic rings. The predicted molar refractivity (Wildman–Crippen MR) is 145 cm³/mol. The van der Waals surface area contributed by atoms with Crippen LogP contribution in [0, 0.1) is 28.9 Å². The molecule has 0 unspecified atom stereocenters. The Labute approximate surface area is 233 Å². The summed E-state index contributed by atoms with van der Waals surface area (Å²) in [6.45, 7) is 1.80. The number of carbonyl (C=O) groups is 1. The van der Waals surface area contributed by atoms with Gasteiger partial charge in [0.25, 0.3) is 0 Å². The Morgan fingerprint density at radius 3 is 2.64 bits per heavy atom. The molecule has 3 heterocycles. The molecular weight excluding hydrogens is 550 g/mol. The van der Waals surface area contributed by atoms with Crippen LogP contribution in [-0.2, 0) is 19.5 Å². The van der Waals surface area contributed by atoms with Crippen LogP contribution in [0.25, 0.3) is 17.0 Å². The Hall–Kier alpha value is -3.84. The minimum absolute atomic E-state index is 0. The normalized spacial score (nSPS) is 13.2. The highest BCUT2D eigenvalue weighted by Crippen LogP contribution is 2.32. The molecule has 200 valence electrons. The molecule has 0 fully saturated rings. The van der Waals surface area contributed by atoms with Gasteiger partial charge < -0.3 is 5.32 Å². The summed E-state index contributed by atoms with van der Waals surface area (Å²) in [5.74, 6) is -2.25. The quantitative estimate of drug-likeness (QED) is 0.227. The van der Waals surface area contributed by atoms with E-state index >= 15 is 0 Å². The van der Waals surface area contributed by atoms with Crippen molar-refractivity contribution >= 4 is 47.0 Å². The molecule has 11 heteroatoms. The van der Waals surface area contributed by atoms with E-state index in [4.69, 9.17) is 11.6 Å². The molecule has 1 amide bonds. The lowest BCUT2D eigenvalue weighted by atomic mass is 10.0. The molecule has 4 aromatic rings. The second kappa shape index (κ2) is 11.9. The lowest BCUT2D eigenvalue weighted by Gasteiger charge is -2.27. The molecule has 5 rings (SSSR count). The van der Waals surface area contributed by atoms with Crippen molar-refractivity contribution in [2.75, 3.05) is 13.1 Å². The van der Waals surface area contributed by atoms with E-state index in [1.54, 1.807) is 34.9 Å². The molecule has 0 saturated carbocycles. The summed E-state index contributed by atoms with van der Waals surface area (Å²) in [5.41, 5.74) is 3.89. The summed E-state index contributed by atoms with van der Waals surface area (Å²) in [7, 11) is 0. The third-order valence-electron chi connectivity index (χ3n) is 6.47. The van der Waals surface area contributed by atoms with Crippen molar-refractivity contribution < 1.29 is 18.0 Å². The van der Waals surface area contributed by atoms with E-state index in [2.05, 4.69) is 21.3 Å². The molecule has 1 aliphatic heterocycles. The summed E-state index contributed by atoms with van der Waals surface area (Å²) in [6, 6.07) is 12.2. The number of halogens is 5. The Morgan fingerprint density at radius 2 is 1.92 bits per heavy atom. The highest BCUT2D eigenvalue weighted by atomic mass is 35.5. The van der Waals surface area contributed by atoms with Gasteiger partial charge in [0.05, 0.1) is 17.1 Å². The zero-order valence-electron chi connectivity index (χ0n) is 20.4. The number of hydrogen-bond acceptors (Lipinski definition) is 4. The van der Waals surface area contributed by atoms with Crippen LogP contribution < -0.4 is 5.32 Å². The van der Waals surface area contributed by atoms with Gasteiger partial charge in [-0.25, -0.2) is 18.6 Å². The summed E-state index contributed by atoms with van der Waals surface area (Å²) in [5, 5.41) is 12.5. The maximum absolute atomic E-state index is 13.7. The maximum atomic E-state index is 13.7. The van der Waals surface area contributed by atoms with Gasteiger partial charge in [0, 0.05) is 49.9 Å². The van der Waals surface area contributed by atoms with Gasteiger partial charge in [0.15, 0.2) is 0 Å². The molecule has 0 aliphatic carbocycles. The first-order valence-electron chi connectivity index (χ1n) is 11.8. The number of nitriles is 1. The Balaban J connectivity index is 0.00000353. The second-order valence-corrected chi connectivity index (χ2v) is 9.31. The number of benzene rings is 2. The topological polar surface area (TPSA) is 74.0 Å². The lowest BCUT2D eigenvalue weighted by Crippen LogP contribution is -2.34. The molecule has 2 aromatic heterocycles. The zero-order valence-corrected chi connectivity index (χ0v) is 22.0. The van der Waals surface area contributed by atoms with Crippen molar-refractivity contribution in [2.45, 2.75) is 19.5 Å². The molecule has 2 aromatic carbocycles. The summed E-state index contributed by atoms with van der Waals surface area (Å²) in [6.07, 6.45) is 5.36. The molecule has 39 heavy (non-hydrogen) atoms. The predicted octanol–water partition coefficient (Wildman–Crippen LogP) is 6.23. The number of aromatic nitrogens is 2. The number of rotatable bonds is 5. The smallest absolute Gasteiger partial charge is 0.326 e. The number of hydrogen-bond donors (Lipinski definition) is 1. The van der Waals surface area contributed by atoms with Crippen molar-refractivity contribution in [3.8, 4) is 6.07 Å². The van der Waals surface area contributed by atoms with Gasteiger partial charge >= 0.3 is 6.03 Å². The number of amides is 1. The summed E-state index contributed by atoms with van der Waals surface area (Å²) < 4.78 is 42.5. The Bertz CT molecular complexity index is 1610. The average Bonchev–Trinajstić information content (AvgIpc) is 3.23. The SMILES string of the molecule is Cl.N#Cc1ccc2c(c1)c1c(n2C(=O)NCc2ccnc(F)c2)CCN(C/C=C/c2cc(F)c(Cl)c(F)c2)C1. The third kappa shape index (κ3) is 5.93. The van der Waals surface area contributed by atoms with Crippen LogP contribution in [0.5, 0.6) is 0 Å². The number of nitrogens with one attached hydrogen (secondary N) is 1. The molecular formula is C28H22Cl2F3N5O. The van der Waals surface area contributed by atoms with Crippen LogP contribution in [0.2, 0.25) is 5.02 Å². The summed E-state index contributed by atoms with van der Waals surface area (Å²) >= 11 is 5.55. The molecule has 1 N–H and O–H groups in total. The average molecular weight is 572 g/mol. The van der Waals surface area contributed by atoms with Crippen LogP contribution in [-0.4, -0.2) is 33.6 Å². The number of pyridine rings is 1. The highest BCUT2D eigenvalue weighted by Gasteiger charge is 2.26. The van der Waals surface area contributed by atoms with Gasteiger partial charge in [-0.15, -0.1) is 12.4 Å². The van der Waals surface area contributed by atoms with E-state index in [1.165, 1.54) is 24.4 Å². The van der Waals surface area contributed by atoms with E-state index in [1.807, 2.05) is 6.08 Å². The van der Waals surface area contributed by atoms with Gasteiger partial charge in [0.2, 0.25) is 5.95 Å². The van der Waals surface area contributed by atoms with Gasteiger partial charge in [-0.1, -0.05) is 23.8 Å². The lowest BCUT2D eigenvalue weighted by molar-refractivity contribution is 0.240. The Kier molecular flexibility index (Phi) is 8.60. The molecule has 0 bridgehead atoms. The highest BCUT2D eigenvalue weighted by molar-refractivity contribution is 6.30. The van der Waals surface area contributed by atoms with Crippen LogP contribution in [0.4, 0.5) is 18.0 Å². The van der Waals surface area contributed by atoms with E-state index in [0.29, 0.717) is 48.3 Å². The van der Waals surface area contributed by atoms with Crippen molar-refractivity contribution in [2.24, 2.45) is 0 Å². The first kappa shape index (κ1) is 28.2. The van der Waals surface area contributed by atoms with Gasteiger partial charge in [-0.05, 0) is 59.2 Å². The monoisotopic (exact) mass is 571 g/mol. The van der Waals surface area contributed by atoms with E-state index in [-0.39, 0.29) is 25.0 Å². The molecule has 0 saturated heterocycles. The largest absolute Gasteiger partial charge is 0.333 e. The first-order chi connectivity index (χ1) is 18.3. The van der Waals surface area contributed by atoms with Gasteiger partial charge in [0.1, 0.15) is 16.7 Å². The second-order valence-electron chi connectivity index (χ2n) is 8.94. The van der Waals surface area contributed by atoms with Crippen molar-refractivity contribution in [3.05, 3.63) is 105 Å². The van der Waals surface area contributed by atoms with Crippen LogP contribution >= 0.6 is 24.0 Å². The molecule has 0 radical (unpaired) electrons. The van der Waals surface area contributed by atoms with E-state index in [0.717, 1.165) is 16.6 Å². The fourth-order valence-electron chi connectivity index (χ4n) is 4.69. The molecule has 0 spiro atoms. The fraction of sp³-hybridized carbons (Fsp3) is 0.179. The van der Waals surface area contributed by atoms with Gasteiger partial charge in [-0.2, -0.15) is 9.65 Å². The Morgan fingerprint density at radius 1 is 1.15 bits per heavy atom. The van der Waals surface area contributed by atoms with Crippen molar-refractivity contribution in [1.82, 2.24) is 19.8 Å². The van der Waals surface area contributed by atoms with Crippen LogP contribution in [0.15, 0.2) is 54.7 Å². The van der Waals surface area contributed by atoms with Gasteiger partial charge in [-0.3, -0.25) is 9.47 Å². The van der Waals surface area contributed by atoms with Crippen LogP contribution in [0.3, 0.4) is 0 Å². The minimum atomic E-state index is -0.817. The maximum Gasteiger partial charge on any atom is 0.326 e. The number of fused-ring (bicyclic) bond motifs is 3. The minimum Gasteiger partial charge on any atom is -0.333 e. The van der Waals surface area contributed by atoms with Crippen LogP contribution in [0.1, 0.15) is 27.9 Å². The van der Waals surface area contributed by atoms with E-state index in [9.17, 15) is 23.2 Å². The molecule has 6 nitrogen and oxygen atoms in total. The fourth-order valence-corrected chi connectivity index (χ4v) is 4.80. The van der Waals surface area contributed by atoms with Crippen molar-refractivity contribution in [1.29, 1.82) is 5.26 Å². The summed E-state index contributed by atoms with van der Waals surface area (Å²) in [4.78, 5) is 18.9. The molecule has 0 atom stereocenters. The van der Waals surface area contributed by atoms with Crippen molar-refractivity contribution in [3.63, 3.8) is 0 Å². The number of nitrogens with zero attached hydrogens (tertiary/aromatic N) is 4. The zero-order chi connectivity index (χ0) is 26.8. The third-order valence-corrected chi connectivity index (χ3v) is 6.84. The first-order valence-corrected chi connectivity index (χ1v) is 12.2. The van der Waals surface area contributed by atoms with E-state index < -0.39 is 22.6 Å². The number of carbonyl (C=O) groups excluding carboxylic acids is 1.